The standard InChI is InChI=1S/C15H32O2/c1-12(2)9-13(3,4)10-15(7,8)17-11-14(5,6)16/h12,16H,9-11H2,1-8H3. The topological polar surface area (TPSA) is 29.5 Å². The van der Waals surface area contributed by atoms with Crippen LogP contribution in [0.1, 0.15) is 68.2 Å². The minimum Gasteiger partial charge on any atom is -0.388 e. The van der Waals surface area contributed by atoms with Crippen molar-refractivity contribution >= 4 is 0 Å². The van der Waals surface area contributed by atoms with Gasteiger partial charge < -0.3 is 9.84 Å². The van der Waals surface area contributed by atoms with Gasteiger partial charge in [-0.3, -0.25) is 0 Å². The van der Waals surface area contributed by atoms with Crippen LogP contribution in [0.3, 0.4) is 0 Å². The van der Waals surface area contributed by atoms with E-state index in [0.717, 1.165) is 6.42 Å². The first-order chi connectivity index (χ1) is 7.33. The Morgan fingerprint density at radius 3 is 1.82 bits per heavy atom. The van der Waals surface area contributed by atoms with Crippen LogP contribution in [0.5, 0.6) is 0 Å². The molecule has 104 valence electrons. The molecule has 0 aromatic rings. The molecule has 0 aromatic heterocycles. The first kappa shape index (κ1) is 16.9. The third kappa shape index (κ3) is 9.61. The second kappa shape index (κ2) is 5.71. The molecule has 0 aliphatic heterocycles. The van der Waals surface area contributed by atoms with Crippen LogP contribution in [-0.2, 0) is 4.74 Å². The molecule has 0 atom stereocenters. The minimum absolute atomic E-state index is 0.182. The van der Waals surface area contributed by atoms with Crippen molar-refractivity contribution in [3.63, 3.8) is 0 Å². The van der Waals surface area contributed by atoms with Gasteiger partial charge >= 0.3 is 0 Å². The summed E-state index contributed by atoms with van der Waals surface area (Å²) in [5, 5.41) is 9.70. The first-order valence-corrected chi connectivity index (χ1v) is 6.69. The smallest absolute Gasteiger partial charge is 0.0824 e. The summed E-state index contributed by atoms with van der Waals surface area (Å²) < 4.78 is 5.86. The van der Waals surface area contributed by atoms with Gasteiger partial charge in [0.1, 0.15) is 0 Å². The maximum absolute atomic E-state index is 9.70. The molecule has 0 bridgehead atoms. The van der Waals surface area contributed by atoms with E-state index in [4.69, 9.17) is 4.74 Å². The van der Waals surface area contributed by atoms with Crippen LogP contribution in [0, 0.1) is 11.3 Å². The fraction of sp³-hybridized carbons (Fsp3) is 1.00. The molecule has 2 heteroatoms. The Balaban J connectivity index is 4.33. The van der Waals surface area contributed by atoms with Crippen LogP contribution >= 0.6 is 0 Å². The van der Waals surface area contributed by atoms with Gasteiger partial charge in [-0.2, -0.15) is 0 Å². The van der Waals surface area contributed by atoms with E-state index in [0.29, 0.717) is 12.5 Å². The monoisotopic (exact) mass is 244 g/mol. The summed E-state index contributed by atoms with van der Waals surface area (Å²) in [7, 11) is 0. The van der Waals surface area contributed by atoms with Gasteiger partial charge in [0, 0.05) is 0 Å². The largest absolute Gasteiger partial charge is 0.388 e. The van der Waals surface area contributed by atoms with Crippen LogP contribution in [-0.4, -0.2) is 22.9 Å². The lowest BCUT2D eigenvalue weighted by Gasteiger charge is -2.37. The zero-order valence-electron chi connectivity index (χ0n) is 13.1. The van der Waals surface area contributed by atoms with Gasteiger partial charge in [-0.15, -0.1) is 0 Å². The Kier molecular flexibility index (Phi) is 5.68. The molecule has 2 nitrogen and oxygen atoms in total. The molecular weight excluding hydrogens is 212 g/mol. The van der Waals surface area contributed by atoms with Crippen LogP contribution < -0.4 is 0 Å². The van der Waals surface area contributed by atoms with E-state index in [9.17, 15) is 5.11 Å². The second-order valence-corrected chi connectivity index (χ2v) is 7.80. The van der Waals surface area contributed by atoms with Gasteiger partial charge in [-0.05, 0) is 51.9 Å². The van der Waals surface area contributed by atoms with Crippen molar-refractivity contribution in [2.24, 2.45) is 11.3 Å². The van der Waals surface area contributed by atoms with Gasteiger partial charge in [0.15, 0.2) is 0 Å². The lowest BCUT2D eigenvalue weighted by molar-refractivity contribution is -0.107. The fourth-order valence-corrected chi connectivity index (χ4v) is 2.75. The molecule has 0 radical (unpaired) electrons. The molecule has 0 amide bonds. The van der Waals surface area contributed by atoms with E-state index >= 15 is 0 Å². The van der Waals surface area contributed by atoms with Gasteiger partial charge in [-0.1, -0.05) is 27.7 Å². The number of aliphatic hydroxyl groups is 1. The Morgan fingerprint density at radius 1 is 1.00 bits per heavy atom. The van der Waals surface area contributed by atoms with Crippen molar-refractivity contribution in [2.45, 2.75) is 79.4 Å². The van der Waals surface area contributed by atoms with Crippen LogP contribution in [0.15, 0.2) is 0 Å². The van der Waals surface area contributed by atoms with E-state index in [-0.39, 0.29) is 11.0 Å². The summed E-state index contributed by atoms with van der Waals surface area (Å²) in [6.07, 6.45) is 2.20. The Labute approximate surface area is 108 Å². The van der Waals surface area contributed by atoms with Gasteiger partial charge in [0.05, 0.1) is 17.8 Å². The third-order valence-electron chi connectivity index (χ3n) is 2.68. The number of rotatable bonds is 7. The van der Waals surface area contributed by atoms with Crippen molar-refractivity contribution in [3.05, 3.63) is 0 Å². The summed E-state index contributed by atoms with van der Waals surface area (Å²) in [4.78, 5) is 0. The van der Waals surface area contributed by atoms with E-state index in [1.54, 1.807) is 13.8 Å². The summed E-state index contributed by atoms with van der Waals surface area (Å²) in [6.45, 7) is 17.3. The molecule has 0 rings (SSSR count). The van der Waals surface area contributed by atoms with Crippen molar-refractivity contribution in [2.75, 3.05) is 6.61 Å². The summed E-state index contributed by atoms with van der Waals surface area (Å²) in [5.41, 5.74) is -0.658. The first-order valence-electron chi connectivity index (χ1n) is 6.69. The van der Waals surface area contributed by atoms with Gasteiger partial charge in [0.2, 0.25) is 0 Å². The molecule has 0 saturated heterocycles. The Bertz CT molecular complexity index is 222. The predicted octanol–water partition coefficient (Wildman–Crippen LogP) is 4.01. The maximum Gasteiger partial charge on any atom is 0.0824 e. The van der Waals surface area contributed by atoms with Gasteiger partial charge in [0.25, 0.3) is 0 Å². The summed E-state index contributed by atoms with van der Waals surface area (Å²) >= 11 is 0. The molecule has 0 spiro atoms. The van der Waals surface area contributed by atoms with E-state index in [2.05, 4.69) is 41.5 Å². The maximum atomic E-state index is 9.70. The average molecular weight is 244 g/mol. The molecule has 0 unspecified atom stereocenters. The summed E-state index contributed by atoms with van der Waals surface area (Å²) in [6, 6.07) is 0. The van der Waals surface area contributed by atoms with E-state index in [1.807, 2.05) is 0 Å². The highest BCUT2D eigenvalue weighted by molar-refractivity contribution is 4.82. The molecule has 0 saturated carbocycles. The summed E-state index contributed by atoms with van der Waals surface area (Å²) in [5.74, 6) is 0.704. The van der Waals surface area contributed by atoms with E-state index < -0.39 is 5.60 Å². The van der Waals surface area contributed by atoms with Crippen LogP contribution in [0.25, 0.3) is 0 Å². The van der Waals surface area contributed by atoms with Crippen molar-refractivity contribution in [1.29, 1.82) is 0 Å². The molecule has 1 N–H and O–H groups in total. The fourth-order valence-electron chi connectivity index (χ4n) is 2.75. The molecule has 17 heavy (non-hydrogen) atoms. The molecule has 0 heterocycles. The lowest BCUT2D eigenvalue weighted by Crippen LogP contribution is -2.37. The molecular formula is C15H32O2. The highest BCUT2D eigenvalue weighted by atomic mass is 16.5. The SMILES string of the molecule is CC(C)CC(C)(C)CC(C)(C)OCC(C)(C)O. The lowest BCUT2D eigenvalue weighted by atomic mass is 9.76. The van der Waals surface area contributed by atoms with Crippen LogP contribution in [0.4, 0.5) is 0 Å². The van der Waals surface area contributed by atoms with Crippen molar-refractivity contribution in [3.8, 4) is 0 Å². The van der Waals surface area contributed by atoms with Crippen LogP contribution in [0.2, 0.25) is 0 Å². The molecule has 0 aliphatic rings. The quantitative estimate of drug-likeness (QED) is 0.733. The highest BCUT2D eigenvalue weighted by Gasteiger charge is 2.31. The Hall–Kier alpha value is -0.0800. The van der Waals surface area contributed by atoms with Gasteiger partial charge in [-0.25, -0.2) is 0 Å². The minimum atomic E-state index is -0.751. The Morgan fingerprint density at radius 2 is 1.47 bits per heavy atom. The highest BCUT2D eigenvalue weighted by Crippen LogP contribution is 2.35. The molecule has 0 aliphatic carbocycles. The van der Waals surface area contributed by atoms with Crippen molar-refractivity contribution in [1.82, 2.24) is 0 Å². The number of hydrogen-bond donors (Lipinski definition) is 1. The molecule has 0 aromatic carbocycles. The molecule has 0 fully saturated rings. The van der Waals surface area contributed by atoms with Crippen molar-refractivity contribution < 1.29 is 9.84 Å². The number of ether oxygens (including phenoxy) is 1. The second-order valence-electron chi connectivity index (χ2n) is 7.80. The van der Waals surface area contributed by atoms with E-state index in [1.165, 1.54) is 6.42 Å². The number of hydrogen-bond acceptors (Lipinski definition) is 2. The zero-order chi connectivity index (χ0) is 13.9. The average Bonchev–Trinajstić information content (AvgIpc) is 1.94. The third-order valence-corrected chi connectivity index (χ3v) is 2.68. The normalized spacial score (nSPS) is 14.5. The zero-order valence-corrected chi connectivity index (χ0v) is 13.1. The predicted molar refractivity (Wildman–Crippen MR) is 74.2 cm³/mol.